The highest BCUT2D eigenvalue weighted by Gasteiger charge is 2.31. The van der Waals surface area contributed by atoms with Crippen LogP contribution in [0.5, 0.6) is 11.5 Å². The van der Waals surface area contributed by atoms with Crippen molar-refractivity contribution in [3.8, 4) is 11.5 Å². The van der Waals surface area contributed by atoms with Crippen molar-refractivity contribution in [2.45, 2.75) is 19.4 Å². The lowest BCUT2D eigenvalue weighted by molar-refractivity contribution is -0.144. The van der Waals surface area contributed by atoms with Gasteiger partial charge in [0.25, 0.3) is 0 Å². The van der Waals surface area contributed by atoms with Crippen LogP contribution in [0.15, 0.2) is 12.1 Å². The number of hydrogen-bond acceptors (Lipinski definition) is 3. The van der Waals surface area contributed by atoms with Gasteiger partial charge in [0.15, 0.2) is 17.6 Å². The zero-order valence-electron chi connectivity index (χ0n) is 8.61. The number of carboxylic acids is 1. The molecule has 15 heavy (non-hydrogen) atoms. The zero-order valence-corrected chi connectivity index (χ0v) is 8.61. The van der Waals surface area contributed by atoms with Crippen LogP contribution in [-0.2, 0) is 11.2 Å². The van der Waals surface area contributed by atoms with Crippen LogP contribution in [-0.4, -0.2) is 24.3 Å². The smallest absolute Gasteiger partial charge is 0.345 e. The molecule has 1 unspecified atom stereocenters. The lowest BCUT2D eigenvalue weighted by atomic mass is 10.1. The molecule has 0 spiro atoms. The highest BCUT2D eigenvalue weighted by molar-refractivity contribution is 5.75. The normalized spacial score (nSPS) is 18.1. The van der Waals surface area contributed by atoms with Crippen molar-refractivity contribution in [1.29, 1.82) is 0 Å². The number of methoxy groups -OCH3 is 1. The second-order valence-corrected chi connectivity index (χ2v) is 3.60. The van der Waals surface area contributed by atoms with E-state index in [4.69, 9.17) is 14.6 Å². The topological polar surface area (TPSA) is 55.8 Å². The third-order valence-electron chi connectivity index (χ3n) is 2.44. The largest absolute Gasteiger partial charge is 0.493 e. The van der Waals surface area contributed by atoms with Gasteiger partial charge in [-0.25, -0.2) is 4.79 Å². The first kappa shape index (κ1) is 9.83. The number of carbonyl (C=O) groups is 1. The lowest BCUT2D eigenvalue weighted by Gasteiger charge is -2.08. The minimum absolute atomic E-state index is 0.405. The second kappa shape index (κ2) is 3.46. The van der Waals surface area contributed by atoms with Gasteiger partial charge in [-0.15, -0.1) is 0 Å². The van der Waals surface area contributed by atoms with Crippen LogP contribution in [0, 0.1) is 6.92 Å². The SMILES string of the molecule is COc1cc(C)cc2c1OC(C(=O)O)C2. The first-order valence-electron chi connectivity index (χ1n) is 4.69. The van der Waals surface area contributed by atoms with Gasteiger partial charge in [-0.1, -0.05) is 6.07 Å². The van der Waals surface area contributed by atoms with E-state index in [-0.39, 0.29) is 0 Å². The molecule has 0 aliphatic carbocycles. The molecule has 4 heteroatoms. The van der Waals surface area contributed by atoms with Gasteiger partial charge in [0.05, 0.1) is 7.11 Å². The number of ether oxygens (including phenoxy) is 2. The molecule has 1 N–H and O–H groups in total. The molecule has 2 rings (SSSR count). The number of carboxylic acid groups (broad SMARTS) is 1. The third-order valence-corrected chi connectivity index (χ3v) is 2.44. The summed E-state index contributed by atoms with van der Waals surface area (Å²) in [6.45, 7) is 1.94. The van der Waals surface area contributed by atoms with Crippen LogP contribution in [0.3, 0.4) is 0 Å². The lowest BCUT2D eigenvalue weighted by Crippen LogP contribution is -2.24. The minimum atomic E-state index is -0.939. The van der Waals surface area contributed by atoms with Crippen molar-refractivity contribution < 1.29 is 19.4 Å². The molecule has 1 atom stereocenters. The van der Waals surface area contributed by atoms with Crippen molar-refractivity contribution in [3.63, 3.8) is 0 Å². The molecule has 1 aliphatic heterocycles. The molecule has 0 saturated heterocycles. The van der Waals surface area contributed by atoms with Crippen molar-refractivity contribution in [2.24, 2.45) is 0 Å². The van der Waals surface area contributed by atoms with E-state index in [1.54, 1.807) is 7.11 Å². The molecule has 1 aromatic carbocycles. The standard InChI is InChI=1S/C11H12O4/c1-6-3-7-5-9(11(12)13)15-10(7)8(4-6)14-2/h3-4,9H,5H2,1-2H3,(H,12,13). The summed E-state index contributed by atoms with van der Waals surface area (Å²) in [5.41, 5.74) is 1.94. The van der Waals surface area contributed by atoms with Crippen molar-refractivity contribution in [2.75, 3.05) is 7.11 Å². The van der Waals surface area contributed by atoms with E-state index in [2.05, 4.69) is 0 Å². The Bertz CT molecular complexity index is 411. The summed E-state index contributed by atoms with van der Waals surface area (Å²) in [7, 11) is 1.55. The Kier molecular flexibility index (Phi) is 2.26. The Balaban J connectivity index is 2.40. The van der Waals surface area contributed by atoms with Crippen LogP contribution in [0.1, 0.15) is 11.1 Å². The van der Waals surface area contributed by atoms with Gasteiger partial charge in [-0.05, 0) is 18.6 Å². The van der Waals surface area contributed by atoms with Gasteiger partial charge in [0, 0.05) is 12.0 Å². The van der Waals surface area contributed by atoms with Gasteiger partial charge >= 0.3 is 5.97 Å². The molecule has 1 aliphatic rings. The number of benzene rings is 1. The fourth-order valence-corrected chi connectivity index (χ4v) is 1.77. The van der Waals surface area contributed by atoms with Crippen LogP contribution >= 0.6 is 0 Å². The number of fused-ring (bicyclic) bond motifs is 1. The quantitative estimate of drug-likeness (QED) is 0.798. The van der Waals surface area contributed by atoms with Crippen molar-refractivity contribution >= 4 is 5.97 Å². The fraction of sp³-hybridized carbons (Fsp3) is 0.364. The molecule has 0 fully saturated rings. The Morgan fingerprint density at radius 1 is 1.60 bits per heavy atom. The predicted molar refractivity (Wildman–Crippen MR) is 53.5 cm³/mol. The maximum atomic E-state index is 10.8. The van der Waals surface area contributed by atoms with Gasteiger partial charge in [-0.2, -0.15) is 0 Å². The maximum absolute atomic E-state index is 10.8. The Labute approximate surface area is 87.4 Å². The number of rotatable bonds is 2. The molecule has 0 radical (unpaired) electrons. The molecular formula is C11H12O4. The maximum Gasteiger partial charge on any atom is 0.345 e. The molecule has 80 valence electrons. The molecule has 1 heterocycles. The highest BCUT2D eigenvalue weighted by Crippen LogP contribution is 2.38. The second-order valence-electron chi connectivity index (χ2n) is 3.60. The molecular weight excluding hydrogens is 196 g/mol. The number of hydrogen-bond donors (Lipinski definition) is 1. The van der Waals surface area contributed by atoms with E-state index in [0.29, 0.717) is 17.9 Å². The van der Waals surface area contributed by atoms with Gasteiger partial charge in [0.1, 0.15) is 0 Å². The fourth-order valence-electron chi connectivity index (χ4n) is 1.77. The molecule has 0 bridgehead atoms. The Hall–Kier alpha value is -1.71. The molecule has 0 aromatic heterocycles. The average molecular weight is 208 g/mol. The highest BCUT2D eigenvalue weighted by atomic mass is 16.5. The minimum Gasteiger partial charge on any atom is -0.493 e. The van der Waals surface area contributed by atoms with E-state index in [1.807, 2.05) is 19.1 Å². The van der Waals surface area contributed by atoms with E-state index in [9.17, 15) is 4.79 Å². The summed E-state index contributed by atoms with van der Waals surface area (Å²) in [6.07, 6.45) is -0.376. The van der Waals surface area contributed by atoms with E-state index in [0.717, 1.165) is 11.1 Å². The summed E-state index contributed by atoms with van der Waals surface area (Å²) in [6, 6.07) is 3.77. The Morgan fingerprint density at radius 2 is 2.33 bits per heavy atom. The van der Waals surface area contributed by atoms with Crippen molar-refractivity contribution in [3.05, 3.63) is 23.3 Å². The van der Waals surface area contributed by atoms with E-state index < -0.39 is 12.1 Å². The summed E-state index contributed by atoms with van der Waals surface area (Å²) in [5, 5.41) is 8.85. The Morgan fingerprint density at radius 3 is 2.93 bits per heavy atom. The summed E-state index contributed by atoms with van der Waals surface area (Å²) >= 11 is 0. The predicted octanol–water partition coefficient (Wildman–Crippen LogP) is 1.39. The van der Waals surface area contributed by atoms with Crippen LogP contribution in [0.4, 0.5) is 0 Å². The number of aryl methyl sites for hydroxylation is 1. The van der Waals surface area contributed by atoms with E-state index >= 15 is 0 Å². The number of aliphatic carboxylic acids is 1. The molecule has 4 nitrogen and oxygen atoms in total. The first-order chi connectivity index (χ1) is 7.11. The van der Waals surface area contributed by atoms with Gasteiger partial charge < -0.3 is 14.6 Å². The molecule has 1 aromatic rings. The van der Waals surface area contributed by atoms with Crippen LogP contribution < -0.4 is 9.47 Å². The van der Waals surface area contributed by atoms with Gasteiger partial charge in [-0.3, -0.25) is 0 Å². The summed E-state index contributed by atoms with van der Waals surface area (Å²) < 4.78 is 10.5. The average Bonchev–Trinajstić information content (AvgIpc) is 2.59. The first-order valence-corrected chi connectivity index (χ1v) is 4.69. The van der Waals surface area contributed by atoms with Crippen molar-refractivity contribution in [1.82, 2.24) is 0 Å². The summed E-state index contributed by atoms with van der Waals surface area (Å²) in [4.78, 5) is 10.8. The van der Waals surface area contributed by atoms with E-state index in [1.165, 1.54) is 0 Å². The molecule has 0 saturated carbocycles. The monoisotopic (exact) mass is 208 g/mol. The summed E-state index contributed by atoms with van der Waals surface area (Å²) in [5.74, 6) is 0.232. The zero-order chi connectivity index (χ0) is 11.0. The molecule has 0 amide bonds. The van der Waals surface area contributed by atoms with Crippen LogP contribution in [0.2, 0.25) is 0 Å². The van der Waals surface area contributed by atoms with Gasteiger partial charge in [0.2, 0.25) is 0 Å². The van der Waals surface area contributed by atoms with Crippen LogP contribution in [0.25, 0.3) is 0 Å². The third kappa shape index (κ3) is 1.63.